The Morgan fingerprint density at radius 1 is 1.00 bits per heavy atom. The summed E-state index contributed by atoms with van der Waals surface area (Å²) in [5.74, 6) is -0.485. The van der Waals surface area contributed by atoms with Gasteiger partial charge in [0.15, 0.2) is 0 Å². The Morgan fingerprint density at radius 3 is 2.35 bits per heavy atom. The molecule has 106 valence electrons. The molecule has 3 heteroatoms. The lowest BCUT2D eigenvalue weighted by atomic mass is 9.98. The molecule has 0 spiro atoms. The number of nitrogens with one attached hydrogen (secondary N) is 1. The highest BCUT2D eigenvalue weighted by Gasteiger charge is 2.12. The van der Waals surface area contributed by atoms with Gasteiger partial charge in [-0.2, -0.15) is 0 Å². The van der Waals surface area contributed by atoms with Crippen LogP contribution in [-0.2, 0) is 6.42 Å². The summed E-state index contributed by atoms with van der Waals surface area (Å²) in [5, 5.41) is 3.39. The van der Waals surface area contributed by atoms with Crippen LogP contribution < -0.4 is 5.32 Å². The van der Waals surface area contributed by atoms with Crippen molar-refractivity contribution in [3.05, 3.63) is 71.3 Å². The summed E-state index contributed by atoms with van der Waals surface area (Å²) < 4.78 is 26.6. The van der Waals surface area contributed by atoms with Crippen LogP contribution in [0, 0.1) is 11.6 Å². The second-order valence-corrected chi connectivity index (χ2v) is 4.90. The third kappa shape index (κ3) is 4.14. The average molecular weight is 275 g/mol. The molecule has 1 nitrogen and oxygen atoms in total. The maximum absolute atomic E-state index is 13.4. The van der Waals surface area contributed by atoms with Crippen molar-refractivity contribution in [2.24, 2.45) is 0 Å². The lowest BCUT2D eigenvalue weighted by molar-refractivity contribution is 0.522. The molecule has 2 aromatic rings. The van der Waals surface area contributed by atoms with Gasteiger partial charge in [0.05, 0.1) is 0 Å². The van der Waals surface area contributed by atoms with E-state index in [2.05, 4.69) is 12.2 Å². The number of rotatable bonds is 6. The molecule has 0 radical (unpaired) electrons. The van der Waals surface area contributed by atoms with E-state index in [1.165, 1.54) is 24.3 Å². The van der Waals surface area contributed by atoms with E-state index in [1.54, 1.807) is 12.1 Å². The summed E-state index contributed by atoms with van der Waals surface area (Å²) in [5.41, 5.74) is 1.80. The Balaban J connectivity index is 2.19. The van der Waals surface area contributed by atoms with Gasteiger partial charge in [0.1, 0.15) is 11.6 Å². The number of hydrogen-bond donors (Lipinski definition) is 1. The lowest BCUT2D eigenvalue weighted by Gasteiger charge is -2.19. The molecule has 0 aliphatic rings. The Labute approximate surface area is 118 Å². The number of hydrogen-bond acceptors (Lipinski definition) is 1. The molecule has 0 bridgehead atoms. The van der Waals surface area contributed by atoms with Crippen LogP contribution in [0.2, 0.25) is 0 Å². The van der Waals surface area contributed by atoms with Crippen LogP contribution in [0.15, 0.2) is 48.5 Å². The van der Waals surface area contributed by atoms with Crippen molar-refractivity contribution in [2.75, 3.05) is 6.54 Å². The van der Waals surface area contributed by atoms with Crippen LogP contribution in [0.25, 0.3) is 0 Å². The van der Waals surface area contributed by atoms with Gasteiger partial charge in [-0.15, -0.1) is 0 Å². The molecule has 0 heterocycles. The summed E-state index contributed by atoms with van der Waals surface area (Å²) in [7, 11) is 0. The largest absolute Gasteiger partial charge is 0.310 e. The molecular weight excluding hydrogens is 256 g/mol. The quantitative estimate of drug-likeness (QED) is 0.831. The van der Waals surface area contributed by atoms with Crippen molar-refractivity contribution in [3.63, 3.8) is 0 Å². The first-order valence-electron chi connectivity index (χ1n) is 6.92. The van der Waals surface area contributed by atoms with Crippen LogP contribution >= 0.6 is 0 Å². The van der Waals surface area contributed by atoms with E-state index < -0.39 is 0 Å². The van der Waals surface area contributed by atoms with Crippen LogP contribution in [-0.4, -0.2) is 6.54 Å². The lowest BCUT2D eigenvalue weighted by Crippen LogP contribution is -2.24. The van der Waals surface area contributed by atoms with Crippen molar-refractivity contribution in [2.45, 2.75) is 25.8 Å². The summed E-state index contributed by atoms with van der Waals surface area (Å²) in [6.07, 6.45) is 1.64. The second kappa shape index (κ2) is 7.15. The van der Waals surface area contributed by atoms with E-state index in [4.69, 9.17) is 0 Å². The highest BCUT2D eigenvalue weighted by molar-refractivity contribution is 5.24. The molecule has 1 unspecified atom stereocenters. The predicted octanol–water partition coefficient (Wildman–Crippen LogP) is 4.25. The standard InChI is InChI=1S/C17H19F2N/c1-2-9-20-17(14-6-4-8-16(19)12-14)11-13-5-3-7-15(18)10-13/h3-8,10,12,17,20H,2,9,11H2,1H3. The molecule has 0 saturated heterocycles. The fraction of sp³-hybridized carbons (Fsp3) is 0.294. The Kier molecular flexibility index (Phi) is 5.24. The summed E-state index contributed by atoms with van der Waals surface area (Å²) in [4.78, 5) is 0. The highest BCUT2D eigenvalue weighted by atomic mass is 19.1. The SMILES string of the molecule is CCCNC(Cc1cccc(F)c1)c1cccc(F)c1. The first kappa shape index (κ1) is 14.7. The van der Waals surface area contributed by atoms with Crippen LogP contribution in [0.4, 0.5) is 8.78 Å². The molecule has 1 N–H and O–H groups in total. The van der Waals surface area contributed by atoms with Crippen molar-refractivity contribution in [1.82, 2.24) is 5.32 Å². The van der Waals surface area contributed by atoms with E-state index >= 15 is 0 Å². The molecule has 0 aliphatic carbocycles. The normalized spacial score (nSPS) is 12.3. The third-order valence-corrected chi connectivity index (χ3v) is 3.22. The first-order valence-corrected chi connectivity index (χ1v) is 6.92. The average Bonchev–Trinajstić information content (AvgIpc) is 2.43. The van der Waals surface area contributed by atoms with Crippen molar-refractivity contribution >= 4 is 0 Å². The minimum Gasteiger partial charge on any atom is -0.310 e. The van der Waals surface area contributed by atoms with Gasteiger partial charge in [-0.1, -0.05) is 31.2 Å². The van der Waals surface area contributed by atoms with Gasteiger partial charge in [-0.3, -0.25) is 0 Å². The topological polar surface area (TPSA) is 12.0 Å². The predicted molar refractivity (Wildman–Crippen MR) is 77.5 cm³/mol. The monoisotopic (exact) mass is 275 g/mol. The van der Waals surface area contributed by atoms with Crippen molar-refractivity contribution < 1.29 is 8.78 Å². The van der Waals surface area contributed by atoms with Gasteiger partial charge in [0.25, 0.3) is 0 Å². The molecule has 0 aliphatic heterocycles. The van der Waals surface area contributed by atoms with Gasteiger partial charge < -0.3 is 5.32 Å². The highest BCUT2D eigenvalue weighted by Crippen LogP contribution is 2.20. The molecule has 0 saturated carbocycles. The van der Waals surface area contributed by atoms with Gasteiger partial charge in [-0.05, 0) is 54.8 Å². The molecule has 2 aromatic carbocycles. The first-order chi connectivity index (χ1) is 9.69. The molecule has 20 heavy (non-hydrogen) atoms. The number of benzene rings is 2. The Bertz CT molecular complexity index is 554. The third-order valence-electron chi connectivity index (χ3n) is 3.22. The van der Waals surface area contributed by atoms with E-state index in [0.717, 1.165) is 24.1 Å². The van der Waals surface area contributed by atoms with Gasteiger partial charge in [0, 0.05) is 6.04 Å². The van der Waals surface area contributed by atoms with Crippen LogP contribution in [0.1, 0.15) is 30.5 Å². The van der Waals surface area contributed by atoms with Crippen molar-refractivity contribution in [1.29, 1.82) is 0 Å². The Morgan fingerprint density at radius 2 is 1.70 bits per heavy atom. The van der Waals surface area contributed by atoms with Crippen LogP contribution in [0.5, 0.6) is 0 Å². The van der Waals surface area contributed by atoms with Gasteiger partial charge in [0.2, 0.25) is 0 Å². The molecule has 2 rings (SSSR count). The zero-order valence-corrected chi connectivity index (χ0v) is 11.6. The van der Waals surface area contributed by atoms with E-state index in [-0.39, 0.29) is 17.7 Å². The zero-order valence-electron chi connectivity index (χ0n) is 11.6. The van der Waals surface area contributed by atoms with Gasteiger partial charge in [-0.25, -0.2) is 8.78 Å². The summed E-state index contributed by atoms with van der Waals surface area (Å²) in [6, 6.07) is 13.1. The summed E-state index contributed by atoms with van der Waals surface area (Å²) >= 11 is 0. The maximum Gasteiger partial charge on any atom is 0.123 e. The Hall–Kier alpha value is -1.74. The molecule has 0 amide bonds. The fourth-order valence-corrected chi connectivity index (χ4v) is 2.25. The zero-order chi connectivity index (χ0) is 14.4. The van der Waals surface area contributed by atoms with E-state index in [9.17, 15) is 8.78 Å². The summed E-state index contributed by atoms with van der Waals surface area (Å²) in [6.45, 7) is 2.92. The van der Waals surface area contributed by atoms with Crippen LogP contribution in [0.3, 0.4) is 0 Å². The van der Waals surface area contributed by atoms with E-state index in [0.29, 0.717) is 6.42 Å². The maximum atomic E-state index is 13.4. The number of halogens is 2. The van der Waals surface area contributed by atoms with Crippen molar-refractivity contribution in [3.8, 4) is 0 Å². The second-order valence-electron chi connectivity index (χ2n) is 4.90. The van der Waals surface area contributed by atoms with E-state index in [1.807, 2.05) is 12.1 Å². The van der Waals surface area contributed by atoms with Gasteiger partial charge >= 0.3 is 0 Å². The smallest absolute Gasteiger partial charge is 0.123 e. The molecule has 1 atom stereocenters. The molecule has 0 aromatic heterocycles. The minimum absolute atomic E-state index is 0.00699. The molecular formula is C17H19F2N. The minimum atomic E-state index is -0.245. The molecule has 0 fully saturated rings. The fourth-order valence-electron chi connectivity index (χ4n) is 2.25.